The van der Waals surface area contributed by atoms with Crippen molar-refractivity contribution in [2.45, 2.75) is 0 Å². The molecule has 21 heavy (non-hydrogen) atoms. The molecule has 0 N–H and O–H groups in total. The Kier molecular flexibility index (Phi) is 3.59. The molecule has 3 rings (SSSR count). The summed E-state index contributed by atoms with van der Waals surface area (Å²) in [5.74, 6) is 0.672. The highest BCUT2D eigenvalue weighted by atomic mass is 19.1. The van der Waals surface area contributed by atoms with Gasteiger partial charge in [0, 0.05) is 42.0 Å². The molecule has 0 amide bonds. The third-order valence-electron chi connectivity index (χ3n) is 3.06. The van der Waals surface area contributed by atoms with Gasteiger partial charge in [0.05, 0.1) is 7.11 Å². The van der Waals surface area contributed by atoms with Crippen molar-refractivity contribution in [1.29, 1.82) is 0 Å². The molecular formula is C15H13FN4O. The number of benzene rings is 1. The van der Waals surface area contributed by atoms with Gasteiger partial charge in [-0.05, 0) is 18.2 Å². The Labute approximate surface area is 121 Å². The van der Waals surface area contributed by atoms with Crippen LogP contribution in [0.2, 0.25) is 0 Å². The van der Waals surface area contributed by atoms with Crippen molar-refractivity contribution in [3.05, 3.63) is 48.7 Å². The zero-order valence-electron chi connectivity index (χ0n) is 11.4. The number of aromatic nitrogens is 2. The fourth-order valence-corrected chi connectivity index (χ4v) is 2.03. The summed E-state index contributed by atoms with van der Waals surface area (Å²) in [6.07, 6.45) is 8.78. The van der Waals surface area contributed by atoms with Gasteiger partial charge in [0.2, 0.25) is 5.95 Å². The lowest BCUT2D eigenvalue weighted by Gasteiger charge is -2.17. The third-order valence-corrected chi connectivity index (χ3v) is 3.06. The Hall–Kier alpha value is -2.76. The van der Waals surface area contributed by atoms with Crippen LogP contribution >= 0.6 is 0 Å². The first-order valence-corrected chi connectivity index (χ1v) is 6.37. The second-order valence-corrected chi connectivity index (χ2v) is 4.40. The summed E-state index contributed by atoms with van der Waals surface area (Å²) in [5.41, 5.74) is 1.51. The first-order chi connectivity index (χ1) is 10.3. The van der Waals surface area contributed by atoms with Gasteiger partial charge in [0.15, 0.2) is 0 Å². The predicted octanol–water partition coefficient (Wildman–Crippen LogP) is 2.65. The van der Waals surface area contributed by atoms with E-state index in [4.69, 9.17) is 4.74 Å². The molecule has 2 heterocycles. The number of hydrogen-bond acceptors (Lipinski definition) is 5. The topological polar surface area (TPSA) is 50.6 Å². The van der Waals surface area contributed by atoms with Crippen LogP contribution in [-0.4, -0.2) is 30.0 Å². The van der Waals surface area contributed by atoms with Crippen LogP contribution in [-0.2, 0) is 0 Å². The van der Waals surface area contributed by atoms with Gasteiger partial charge >= 0.3 is 0 Å². The summed E-state index contributed by atoms with van der Waals surface area (Å²) >= 11 is 0. The van der Waals surface area contributed by atoms with Crippen LogP contribution < -0.4 is 9.64 Å². The molecule has 0 saturated carbocycles. The van der Waals surface area contributed by atoms with Crippen LogP contribution in [0, 0.1) is 5.82 Å². The summed E-state index contributed by atoms with van der Waals surface area (Å²) in [6, 6.07) is 4.37. The van der Waals surface area contributed by atoms with Crippen molar-refractivity contribution in [3.63, 3.8) is 0 Å². The van der Waals surface area contributed by atoms with Crippen LogP contribution in [0.5, 0.6) is 5.75 Å². The van der Waals surface area contributed by atoms with Crippen LogP contribution in [0.15, 0.2) is 47.9 Å². The Morgan fingerprint density at radius 1 is 1.24 bits per heavy atom. The molecule has 0 bridgehead atoms. The molecule has 1 aliphatic heterocycles. The average Bonchev–Trinajstić information content (AvgIpc) is 2.56. The third kappa shape index (κ3) is 2.74. The lowest BCUT2D eigenvalue weighted by molar-refractivity contribution is 0.413. The molecule has 1 aromatic heterocycles. The van der Waals surface area contributed by atoms with Crippen molar-refractivity contribution < 1.29 is 9.13 Å². The number of anilines is 1. The normalized spacial score (nSPS) is 13.5. The molecule has 2 aromatic rings. The van der Waals surface area contributed by atoms with Crippen molar-refractivity contribution >= 4 is 12.2 Å². The van der Waals surface area contributed by atoms with E-state index in [0.717, 1.165) is 11.1 Å². The van der Waals surface area contributed by atoms with Crippen molar-refractivity contribution in [1.82, 2.24) is 9.97 Å². The standard InChI is InChI=1S/C15H13FN4O/c1-21-14-7-12(16)3-4-13(14)11-8-18-15(19-9-11)20-6-2-5-17-10-20/h2-9H,10H2,1H3. The van der Waals surface area contributed by atoms with Crippen LogP contribution in [0.3, 0.4) is 0 Å². The second-order valence-electron chi connectivity index (χ2n) is 4.40. The molecule has 106 valence electrons. The van der Waals surface area contributed by atoms with Gasteiger partial charge in [-0.25, -0.2) is 14.4 Å². The summed E-state index contributed by atoms with van der Waals surface area (Å²) in [4.78, 5) is 14.6. The summed E-state index contributed by atoms with van der Waals surface area (Å²) in [5, 5.41) is 0. The minimum absolute atomic E-state index is 0.343. The van der Waals surface area contributed by atoms with E-state index in [2.05, 4.69) is 15.0 Å². The number of methoxy groups -OCH3 is 1. The van der Waals surface area contributed by atoms with Gasteiger partial charge in [-0.15, -0.1) is 0 Å². The van der Waals surface area contributed by atoms with E-state index in [9.17, 15) is 4.39 Å². The van der Waals surface area contributed by atoms with Crippen LogP contribution in [0.1, 0.15) is 0 Å². The zero-order chi connectivity index (χ0) is 14.7. The van der Waals surface area contributed by atoms with Gasteiger partial charge < -0.3 is 4.74 Å². The molecule has 5 nitrogen and oxygen atoms in total. The second kappa shape index (κ2) is 5.70. The molecule has 0 aliphatic carbocycles. The van der Waals surface area contributed by atoms with E-state index in [-0.39, 0.29) is 5.82 Å². The zero-order valence-corrected chi connectivity index (χ0v) is 11.4. The fraction of sp³-hybridized carbons (Fsp3) is 0.133. The maximum Gasteiger partial charge on any atom is 0.230 e. The molecule has 1 aliphatic rings. The Morgan fingerprint density at radius 2 is 2.05 bits per heavy atom. The lowest BCUT2D eigenvalue weighted by atomic mass is 10.1. The van der Waals surface area contributed by atoms with Crippen molar-refractivity contribution in [2.75, 3.05) is 18.7 Å². The maximum absolute atomic E-state index is 13.2. The average molecular weight is 284 g/mol. The summed E-state index contributed by atoms with van der Waals surface area (Å²) < 4.78 is 18.4. The Bertz CT molecular complexity index is 697. The van der Waals surface area contributed by atoms with Gasteiger partial charge in [-0.1, -0.05) is 0 Å². The van der Waals surface area contributed by atoms with Gasteiger partial charge in [0.1, 0.15) is 18.2 Å². The Balaban J connectivity index is 1.90. The number of allylic oxidation sites excluding steroid dienone is 1. The van der Waals surface area contributed by atoms with E-state index in [1.54, 1.807) is 24.7 Å². The van der Waals surface area contributed by atoms with Gasteiger partial charge in [0.25, 0.3) is 0 Å². The minimum Gasteiger partial charge on any atom is -0.496 e. The van der Waals surface area contributed by atoms with Crippen LogP contribution in [0.25, 0.3) is 11.1 Å². The molecule has 0 spiro atoms. The van der Waals surface area contributed by atoms with Crippen LogP contribution in [0.4, 0.5) is 10.3 Å². The highest BCUT2D eigenvalue weighted by Crippen LogP contribution is 2.30. The Morgan fingerprint density at radius 3 is 2.71 bits per heavy atom. The minimum atomic E-state index is -0.343. The smallest absolute Gasteiger partial charge is 0.230 e. The van der Waals surface area contributed by atoms with E-state index in [1.165, 1.54) is 19.2 Å². The molecule has 0 fully saturated rings. The highest BCUT2D eigenvalue weighted by molar-refractivity contribution is 5.73. The SMILES string of the molecule is COc1cc(F)ccc1-c1cnc(N2C=CC=NC2)nc1. The number of rotatable bonds is 3. The van der Waals surface area contributed by atoms with Gasteiger partial charge in [-0.3, -0.25) is 9.89 Å². The maximum atomic E-state index is 13.2. The largest absolute Gasteiger partial charge is 0.496 e. The number of aliphatic imine (C=N–C) groups is 1. The summed E-state index contributed by atoms with van der Waals surface area (Å²) in [6.45, 7) is 0.496. The van der Waals surface area contributed by atoms with E-state index >= 15 is 0 Å². The molecule has 0 atom stereocenters. The molecule has 1 aromatic carbocycles. The van der Waals surface area contributed by atoms with E-state index in [0.29, 0.717) is 18.4 Å². The molecule has 0 unspecified atom stereocenters. The van der Waals surface area contributed by atoms with E-state index < -0.39 is 0 Å². The quantitative estimate of drug-likeness (QED) is 0.869. The highest BCUT2D eigenvalue weighted by Gasteiger charge is 2.11. The number of nitrogens with zero attached hydrogens (tertiary/aromatic N) is 4. The molecule has 0 radical (unpaired) electrons. The lowest BCUT2D eigenvalue weighted by Crippen LogP contribution is -2.20. The molecule has 0 saturated heterocycles. The molecule has 6 heteroatoms. The number of hydrogen-bond donors (Lipinski definition) is 0. The first kappa shape index (κ1) is 13.2. The fourth-order valence-electron chi connectivity index (χ4n) is 2.03. The van der Waals surface area contributed by atoms with Crippen molar-refractivity contribution in [2.24, 2.45) is 4.99 Å². The van der Waals surface area contributed by atoms with Gasteiger partial charge in [-0.2, -0.15) is 0 Å². The number of halogens is 1. The van der Waals surface area contributed by atoms with E-state index in [1.807, 2.05) is 17.2 Å². The predicted molar refractivity (Wildman–Crippen MR) is 79.0 cm³/mol. The van der Waals surface area contributed by atoms with Crippen molar-refractivity contribution in [3.8, 4) is 16.9 Å². The monoisotopic (exact) mass is 284 g/mol. The number of ether oxygens (including phenoxy) is 1. The molecular weight excluding hydrogens is 271 g/mol. The summed E-state index contributed by atoms with van der Waals surface area (Å²) in [7, 11) is 1.50. The first-order valence-electron chi connectivity index (χ1n) is 6.37.